The average molecular weight is 580 g/mol. The molecule has 3 aromatic heterocycles. The summed E-state index contributed by atoms with van der Waals surface area (Å²) in [6.07, 6.45) is 2.64. The van der Waals surface area contributed by atoms with Crippen LogP contribution in [-0.2, 0) is 17.7 Å². The number of halogens is 1. The van der Waals surface area contributed by atoms with Gasteiger partial charge >= 0.3 is 11.9 Å². The van der Waals surface area contributed by atoms with Crippen LogP contribution in [0.1, 0.15) is 66.4 Å². The lowest BCUT2D eigenvalue weighted by Gasteiger charge is -2.14. The van der Waals surface area contributed by atoms with Crippen molar-refractivity contribution >= 4 is 47.0 Å². The standard InChI is InChI=1S/C18H15N5O5.C9H10N2O.ClH/c1-28-18(27)10-2-4-11-9(6-10)3-5-12(11)21-16(24)13-7-14(17(25)26)23-15(20-13)8-19-22-23;1-6-11-8-4-7(5-10)2-3-9(8)12-6;/h2,4,6-8,12H,3,5H2,1H3,(H,21,24)(H,25,26);2-4H,5,10H2,1H3;1H/t12-;;/m0../s1. The molecule has 6 rings (SSSR count). The molecule has 4 N–H and O–H groups in total. The molecule has 1 atom stereocenters. The zero-order valence-corrected chi connectivity index (χ0v) is 22.8. The average Bonchev–Trinajstić information content (AvgIpc) is 3.69. The number of fused-ring (bicyclic) bond motifs is 3. The number of amides is 1. The minimum Gasteiger partial charge on any atom is -0.477 e. The molecule has 0 fully saturated rings. The van der Waals surface area contributed by atoms with Crippen LogP contribution in [0.25, 0.3) is 16.7 Å². The van der Waals surface area contributed by atoms with Gasteiger partial charge in [-0.1, -0.05) is 17.3 Å². The number of aromatic carboxylic acids is 1. The molecule has 41 heavy (non-hydrogen) atoms. The molecule has 0 saturated carbocycles. The van der Waals surface area contributed by atoms with Gasteiger partial charge in [-0.3, -0.25) is 4.79 Å². The zero-order chi connectivity index (χ0) is 28.4. The highest BCUT2D eigenvalue weighted by Crippen LogP contribution is 2.32. The summed E-state index contributed by atoms with van der Waals surface area (Å²) in [6, 6.07) is 11.9. The van der Waals surface area contributed by atoms with Gasteiger partial charge in [0.25, 0.3) is 5.91 Å². The van der Waals surface area contributed by atoms with Gasteiger partial charge in [-0.25, -0.2) is 19.6 Å². The maximum atomic E-state index is 12.7. The number of carbonyl (C=O) groups is 3. The quantitative estimate of drug-likeness (QED) is 0.259. The Bertz CT molecular complexity index is 1770. The predicted octanol–water partition coefficient (Wildman–Crippen LogP) is 3.04. The van der Waals surface area contributed by atoms with Crippen LogP contribution in [0.5, 0.6) is 0 Å². The van der Waals surface area contributed by atoms with Crippen molar-refractivity contribution in [2.45, 2.75) is 32.4 Å². The van der Waals surface area contributed by atoms with Gasteiger partial charge in [0.1, 0.15) is 11.2 Å². The van der Waals surface area contributed by atoms with Crippen LogP contribution < -0.4 is 11.1 Å². The number of hydrogen-bond donors (Lipinski definition) is 3. The van der Waals surface area contributed by atoms with Gasteiger partial charge in [-0.15, -0.1) is 17.5 Å². The Morgan fingerprint density at radius 3 is 2.71 bits per heavy atom. The molecule has 212 valence electrons. The number of carbonyl (C=O) groups excluding carboxylic acids is 2. The normalized spacial score (nSPS) is 13.6. The van der Waals surface area contributed by atoms with Gasteiger partial charge < -0.3 is 25.3 Å². The third kappa shape index (κ3) is 6.00. The molecule has 14 heteroatoms. The SMILES string of the molecule is COC(=O)c1ccc2c(c1)CC[C@@H]2NC(=O)c1cc(C(=O)O)n2nncc2n1.Cc1nc2cc(CN)ccc2o1.Cl. The number of carboxylic acids is 1. The second-order valence-corrected chi connectivity index (χ2v) is 9.04. The maximum absolute atomic E-state index is 12.7. The lowest BCUT2D eigenvalue weighted by atomic mass is 10.0. The third-order valence-corrected chi connectivity index (χ3v) is 6.46. The second kappa shape index (κ2) is 12.1. The molecule has 5 aromatic rings. The molecular formula is C27H26ClN7O6. The highest BCUT2D eigenvalue weighted by molar-refractivity contribution is 5.96. The van der Waals surface area contributed by atoms with Crippen LogP contribution in [-0.4, -0.2) is 54.9 Å². The van der Waals surface area contributed by atoms with E-state index in [1.807, 2.05) is 25.1 Å². The fourth-order valence-corrected chi connectivity index (χ4v) is 4.55. The highest BCUT2D eigenvalue weighted by atomic mass is 35.5. The number of aromatic nitrogens is 5. The van der Waals surface area contributed by atoms with Crippen LogP contribution in [0.4, 0.5) is 0 Å². The number of nitrogens with one attached hydrogen (secondary N) is 1. The Hall–Kier alpha value is -4.88. The molecule has 0 aliphatic heterocycles. The van der Waals surface area contributed by atoms with E-state index in [9.17, 15) is 19.5 Å². The molecule has 0 radical (unpaired) electrons. The lowest BCUT2D eigenvalue weighted by Crippen LogP contribution is -2.28. The fraction of sp³-hybridized carbons (Fsp3) is 0.222. The van der Waals surface area contributed by atoms with Crippen molar-refractivity contribution in [1.29, 1.82) is 0 Å². The summed E-state index contributed by atoms with van der Waals surface area (Å²) in [6.45, 7) is 2.38. The summed E-state index contributed by atoms with van der Waals surface area (Å²) >= 11 is 0. The number of oxazole rings is 1. The van der Waals surface area contributed by atoms with E-state index >= 15 is 0 Å². The van der Waals surface area contributed by atoms with E-state index in [2.05, 4.69) is 25.6 Å². The van der Waals surface area contributed by atoms with Crippen molar-refractivity contribution in [3.63, 3.8) is 0 Å². The number of nitrogens with zero attached hydrogens (tertiary/aromatic N) is 5. The molecule has 1 amide bonds. The van der Waals surface area contributed by atoms with Gasteiger partial charge in [0, 0.05) is 19.5 Å². The summed E-state index contributed by atoms with van der Waals surface area (Å²) in [4.78, 5) is 44.1. The number of ether oxygens (including phenoxy) is 1. The van der Waals surface area contributed by atoms with Gasteiger partial charge in [-0.2, -0.15) is 4.52 Å². The number of carboxylic acid groups (broad SMARTS) is 1. The number of benzene rings is 2. The predicted molar refractivity (Wildman–Crippen MR) is 148 cm³/mol. The van der Waals surface area contributed by atoms with Gasteiger partial charge in [0.2, 0.25) is 0 Å². The summed E-state index contributed by atoms with van der Waals surface area (Å²) in [5.41, 5.74) is 10.5. The first-order valence-electron chi connectivity index (χ1n) is 12.3. The molecule has 0 spiro atoms. The van der Waals surface area contributed by atoms with Gasteiger partial charge in [0.15, 0.2) is 22.8 Å². The van der Waals surface area contributed by atoms with E-state index in [0.717, 1.165) is 38.4 Å². The lowest BCUT2D eigenvalue weighted by molar-refractivity contribution is 0.0599. The molecule has 0 unspecified atom stereocenters. The Labute approximate surface area is 239 Å². The molecule has 13 nitrogen and oxygen atoms in total. The van der Waals surface area contributed by atoms with Crippen molar-refractivity contribution < 1.29 is 28.6 Å². The highest BCUT2D eigenvalue weighted by Gasteiger charge is 2.27. The van der Waals surface area contributed by atoms with E-state index in [4.69, 9.17) is 14.9 Å². The monoisotopic (exact) mass is 579 g/mol. The molecule has 3 heterocycles. The van der Waals surface area contributed by atoms with Crippen LogP contribution in [0, 0.1) is 6.92 Å². The molecular weight excluding hydrogens is 554 g/mol. The minimum absolute atomic E-state index is 0. The summed E-state index contributed by atoms with van der Waals surface area (Å²) < 4.78 is 11.1. The molecule has 1 aliphatic carbocycles. The first-order chi connectivity index (χ1) is 19.3. The van der Waals surface area contributed by atoms with Crippen LogP contribution >= 0.6 is 12.4 Å². The Balaban J connectivity index is 0.000000249. The van der Waals surface area contributed by atoms with E-state index in [1.165, 1.54) is 13.3 Å². The van der Waals surface area contributed by atoms with Crippen molar-refractivity contribution in [3.05, 3.63) is 88.2 Å². The van der Waals surface area contributed by atoms with Crippen LogP contribution in [0.3, 0.4) is 0 Å². The second-order valence-electron chi connectivity index (χ2n) is 9.04. The number of methoxy groups -OCH3 is 1. The first kappa shape index (κ1) is 29.1. The number of nitrogens with two attached hydrogens (primary N) is 1. The van der Waals surface area contributed by atoms with E-state index in [0.29, 0.717) is 30.8 Å². The largest absolute Gasteiger partial charge is 0.477 e. The van der Waals surface area contributed by atoms with Crippen molar-refractivity contribution in [1.82, 2.24) is 30.1 Å². The van der Waals surface area contributed by atoms with Gasteiger partial charge in [0.05, 0.1) is 24.9 Å². The number of esters is 1. The Morgan fingerprint density at radius 1 is 1.17 bits per heavy atom. The number of aryl methyl sites for hydroxylation is 2. The zero-order valence-electron chi connectivity index (χ0n) is 22.0. The number of rotatable bonds is 5. The van der Waals surface area contributed by atoms with Crippen molar-refractivity contribution in [2.24, 2.45) is 5.73 Å². The molecule has 1 aliphatic rings. The Morgan fingerprint density at radius 2 is 1.98 bits per heavy atom. The first-order valence-corrected chi connectivity index (χ1v) is 12.3. The van der Waals surface area contributed by atoms with Crippen LogP contribution in [0.2, 0.25) is 0 Å². The Kier molecular flexibility index (Phi) is 8.59. The van der Waals surface area contributed by atoms with Crippen LogP contribution in [0.15, 0.2) is 53.1 Å². The summed E-state index contributed by atoms with van der Waals surface area (Å²) in [5, 5.41) is 19.5. The van der Waals surface area contributed by atoms with Gasteiger partial charge in [-0.05, 0) is 53.8 Å². The minimum atomic E-state index is -1.24. The summed E-state index contributed by atoms with van der Waals surface area (Å²) in [7, 11) is 1.32. The topological polar surface area (TPSA) is 188 Å². The smallest absolute Gasteiger partial charge is 0.354 e. The van der Waals surface area contributed by atoms with E-state index in [1.54, 1.807) is 18.2 Å². The molecule has 2 aromatic carbocycles. The van der Waals surface area contributed by atoms with Crippen molar-refractivity contribution in [2.75, 3.05) is 7.11 Å². The third-order valence-electron chi connectivity index (χ3n) is 6.46. The fourth-order valence-electron chi connectivity index (χ4n) is 4.55. The number of hydrogen-bond acceptors (Lipinski definition) is 10. The maximum Gasteiger partial charge on any atom is 0.354 e. The molecule has 0 saturated heterocycles. The van der Waals surface area contributed by atoms with E-state index < -0.39 is 17.8 Å². The molecule has 0 bridgehead atoms. The summed E-state index contributed by atoms with van der Waals surface area (Å²) in [5.74, 6) is -1.46. The van der Waals surface area contributed by atoms with Crippen molar-refractivity contribution in [3.8, 4) is 0 Å². The van der Waals surface area contributed by atoms with E-state index in [-0.39, 0.29) is 35.5 Å².